The van der Waals surface area contributed by atoms with Crippen LogP contribution in [0.1, 0.15) is 37.6 Å². The van der Waals surface area contributed by atoms with Crippen LogP contribution in [0.15, 0.2) is 59.0 Å². The first-order chi connectivity index (χ1) is 17.1. The Labute approximate surface area is 213 Å². The molecule has 2 saturated heterocycles. The van der Waals surface area contributed by atoms with Crippen molar-refractivity contribution in [2.24, 2.45) is 5.41 Å². The highest BCUT2D eigenvalue weighted by atomic mass is 35.5. The zero-order valence-electron chi connectivity index (χ0n) is 19.6. The van der Waals surface area contributed by atoms with Crippen LogP contribution in [0.25, 0.3) is 11.0 Å². The maximum atomic E-state index is 6.75. The molecule has 2 aliphatic heterocycles. The third-order valence-corrected chi connectivity index (χ3v) is 8.55. The molecule has 9 heteroatoms. The van der Waals surface area contributed by atoms with E-state index in [9.17, 15) is 0 Å². The van der Waals surface area contributed by atoms with Crippen LogP contribution in [-0.2, 0) is 11.2 Å². The second-order valence-corrected chi connectivity index (χ2v) is 11.1. The molecule has 3 aromatic heterocycles. The Morgan fingerprint density at radius 3 is 2.77 bits per heavy atom. The fourth-order valence-electron chi connectivity index (χ4n) is 5.18. The second kappa shape index (κ2) is 9.41. The number of aromatic amines is 1. The Hall–Kier alpha value is -2.68. The quantitative estimate of drug-likeness (QED) is 0.380. The molecule has 1 spiro atoms. The van der Waals surface area contributed by atoms with E-state index in [1.807, 2.05) is 42.9 Å². The van der Waals surface area contributed by atoms with Crippen LogP contribution in [0.5, 0.6) is 0 Å². The number of fused-ring (bicyclic) bond motifs is 1. The van der Waals surface area contributed by atoms with Gasteiger partial charge in [-0.15, -0.1) is 0 Å². The van der Waals surface area contributed by atoms with E-state index in [4.69, 9.17) is 26.3 Å². The van der Waals surface area contributed by atoms with Gasteiger partial charge in [0.1, 0.15) is 22.2 Å². The van der Waals surface area contributed by atoms with Gasteiger partial charge < -0.3 is 14.6 Å². The lowest BCUT2D eigenvalue weighted by molar-refractivity contribution is 0.0976. The van der Waals surface area contributed by atoms with Gasteiger partial charge in [-0.3, -0.25) is 4.98 Å². The maximum absolute atomic E-state index is 6.75. The molecular formula is C26H27ClN6OS. The van der Waals surface area contributed by atoms with Gasteiger partial charge in [-0.25, -0.2) is 15.0 Å². The van der Waals surface area contributed by atoms with E-state index >= 15 is 0 Å². The van der Waals surface area contributed by atoms with E-state index in [0.717, 1.165) is 70.7 Å². The molecule has 5 heterocycles. The number of nitrogens with zero attached hydrogens (tertiary/aromatic N) is 5. The first-order valence-corrected chi connectivity index (χ1v) is 13.2. The van der Waals surface area contributed by atoms with Gasteiger partial charge >= 0.3 is 0 Å². The molecule has 7 nitrogen and oxygen atoms in total. The van der Waals surface area contributed by atoms with E-state index in [2.05, 4.69) is 26.8 Å². The third-order valence-electron chi connectivity index (χ3n) is 7.07. The molecule has 0 saturated carbocycles. The number of halogens is 1. The highest BCUT2D eigenvalue weighted by Gasteiger charge is 2.41. The number of rotatable bonds is 5. The molecule has 0 aliphatic carbocycles. The van der Waals surface area contributed by atoms with Crippen molar-refractivity contribution in [1.29, 1.82) is 0 Å². The number of H-pyrrole nitrogens is 1. The van der Waals surface area contributed by atoms with Gasteiger partial charge in [0.2, 0.25) is 0 Å². The summed E-state index contributed by atoms with van der Waals surface area (Å²) >= 11 is 8.26. The number of hydrogen-bond acceptors (Lipinski definition) is 7. The van der Waals surface area contributed by atoms with Crippen molar-refractivity contribution < 1.29 is 4.74 Å². The van der Waals surface area contributed by atoms with Gasteiger partial charge in [0.25, 0.3) is 0 Å². The Morgan fingerprint density at radius 2 is 2.06 bits per heavy atom. The van der Waals surface area contributed by atoms with Gasteiger partial charge in [-0.05, 0) is 55.4 Å². The number of ether oxygens (including phenoxy) is 1. The number of aromatic nitrogens is 5. The van der Waals surface area contributed by atoms with E-state index < -0.39 is 0 Å². The smallest absolute Gasteiger partial charge is 0.147 e. The number of imidazole rings is 1. The van der Waals surface area contributed by atoms with Crippen LogP contribution >= 0.6 is 23.4 Å². The largest absolute Gasteiger partial charge is 0.378 e. The third kappa shape index (κ3) is 4.75. The molecule has 6 rings (SSSR count). The monoisotopic (exact) mass is 506 g/mol. The molecule has 4 aromatic rings. The van der Waals surface area contributed by atoms with Gasteiger partial charge in [0.05, 0.1) is 35.6 Å². The first kappa shape index (κ1) is 22.8. The topological polar surface area (TPSA) is 79.8 Å². The summed E-state index contributed by atoms with van der Waals surface area (Å²) in [6.07, 6.45) is 11.9. The Kier molecular flexibility index (Phi) is 6.12. The summed E-state index contributed by atoms with van der Waals surface area (Å²) in [7, 11) is 0. The normalized spacial score (nSPS) is 19.6. The molecule has 35 heavy (non-hydrogen) atoms. The van der Waals surface area contributed by atoms with Crippen molar-refractivity contribution in [2.45, 2.75) is 48.6 Å². The highest BCUT2D eigenvalue weighted by molar-refractivity contribution is 7.99. The zero-order chi connectivity index (χ0) is 23.8. The average molecular weight is 507 g/mol. The number of piperidine rings is 1. The number of benzene rings is 1. The van der Waals surface area contributed by atoms with Crippen LogP contribution < -0.4 is 4.90 Å². The Bertz CT molecular complexity index is 1320. The van der Waals surface area contributed by atoms with Crippen LogP contribution in [-0.4, -0.2) is 50.7 Å². The van der Waals surface area contributed by atoms with Crippen LogP contribution in [0.2, 0.25) is 5.02 Å². The van der Waals surface area contributed by atoms with Gasteiger partial charge in [-0.2, -0.15) is 0 Å². The highest BCUT2D eigenvalue weighted by Crippen LogP contribution is 2.42. The van der Waals surface area contributed by atoms with Crippen molar-refractivity contribution in [1.82, 2.24) is 24.9 Å². The SMILES string of the molecule is C[C@H]1CC2(CCN(c3cnc(Sc4ccc5[nH]c(Cc6cccnc6)nc5c4Cl)cn3)CC2)CO1. The molecule has 1 aromatic carbocycles. The summed E-state index contributed by atoms with van der Waals surface area (Å²) in [6, 6.07) is 7.99. The van der Waals surface area contributed by atoms with Crippen LogP contribution in [0.3, 0.4) is 0 Å². The standard InChI is InChI=1S/C26H27ClN6OS/c1-17-12-26(16-34-17)6-9-33(10-7-26)22-14-30-23(15-29-22)35-20-5-4-19-25(24(20)27)32-21(31-19)11-18-3-2-8-28-13-18/h2-5,8,13-15,17H,6-7,9-12,16H2,1H3,(H,31,32)/t17-/m0/s1. The lowest BCUT2D eigenvalue weighted by Gasteiger charge is -2.38. The minimum absolute atomic E-state index is 0.360. The lowest BCUT2D eigenvalue weighted by Crippen LogP contribution is -2.41. The van der Waals surface area contributed by atoms with Crippen molar-refractivity contribution in [3.05, 3.63) is 65.5 Å². The van der Waals surface area contributed by atoms with Gasteiger partial charge in [0.15, 0.2) is 0 Å². The van der Waals surface area contributed by atoms with E-state index in [-0.39, 0.29) is 0 Å². The maximum Gasteiger partial charge on any atom is 0.147 e. The summed E-state index contributed by atoms with van der Waals surface area (Å²) in [5.74, 6) is 1.80. The molecule has 180 valence electrons. The number of nitrogens with one attached hydrogen (secondary N) is 1. The van der Waals surface area contributed by atoms with Crippen molar-refractivity contribution in [2.75, 3.05) is 24.6 Å². The average Bonchev–Trinajstić information content (AvgIpc) is 3.46. The minimum Gasteiger partial charge on any atom is -0.378 e. The number of hydrogen-bond donors (Lipinski definition) is 1. The second-order valence-electron chi connectivity index (χ2n) is 9.62. The molecular weight excluding hydrogens is 480 g/mol. The fourth-order valence-corrected chi connectivity index (χ4v) is 6.26. The summed E-state index contributed by atoms with van der Waals surface area (Å²) in [5.41, 5.74) is 3.15. The predicted octanol–water partition coefficient (Wildman–Crippen LogP) is 5.54. The molecule has 1 atom stereocenters. The van der Waals surface area contributed by atoms with Crippen LogP contribution in [0.4, 0.5) is 5.82 Å². The molecule has 2 aliphatic rings. The summed E-state index contributed by atoms with van der Waals surface area (Å²) < 4.78 is 5.85. The fraction of sp³-hybridized carbons (Fsp3) is 0.385. The molecule has 0 amide bonds. The molecule has 2 fully saturated rings. The first-order valence-electron chi connectivity index (χ1n) is 12.0. The molecule has 1 N–H and O–H groups in total. The molecule has 0 unspecified atom stereocenters. The van der Waals surface area contributed by atoms with E-state index in [1.165, 1.54) is 18.2 Å². The van der Waals surface area contributed by atoms with Gasteiger partial charge in [0, 0.05) is 36.8 Å². The minimum atomic E-state index is 0.360. The van der Waals surface area contributed by atoms with Crippen molar-refractivity contribution in [3.8, 4) is 0 Å². The zero-order valence-corrected chi connectivity index (χ0v) is 21.1. The van der Waals surface area contributed by atoms with E-state index in [0.29, 0.717) is 23.0 Å². The molecule has 0 radical (unpaired) electrons. The number of anilines is 1. The Morgan fingerprint density at radius 1 is 1.17 bits per heavy atom. The summed E-state index contributed by atoms with van der Waals surface area (Å²) in [4.78, 5) is 24.9. The van der Waals surface area contributed by atoms with Crippen molar-refractivity contribution >= 4 is 40.2 Å². The van der Waals surface area contributed by atoms with E-state index in [1.54, 1.807) is 6.20 Å². The molecule has 0 bridgehead atoms. The Balaban J connectivity index is 1.13. The summed E-state index contributed by atoms with van der Waals surface area (Å²) in [5, 5.41) is 1.44. The van der Waals surface area contributed by atoms with Gasteiger partial charge in [-0.1, -0.05) is 29.4 Å². The number of pyridine rings is 1. The predicted molar refractivity (Wildman–Crippen MR) is 138 cm³/mol. The lowest BCUT2D eigenvalue weighted by atomic mass is 9.77. The summed E-state index contributed by atoms with van der Waals surface area (Å²) in [6.45, 7) is 5.08. The van der Waals surface area contributed by atoms with Crippen molar-refractivity contribution in [3.63, 3.8) is 0 Å². The van der Waals surface area contributed by atoms with Crippen LogP contribution in [0, 0.1) is 5.41 Å².